The molecular weight excluding hydrogens is 509 g/mol. The molecular formula is C26H25F3N2O5S. The molecule has 0 spiro atoms. The van der Waals surface area contributed by atoms with E-state index in [2.05, 4.69) is 10.3 Å². The number of nitrogens with zero attached hydrogens (tertiary/aromatic N) is 1. The number of carboxylic acid groups (broad SMARTS) is 1. The number of aromatic nitrogens is 1. The Bertz CT molecular complexity index is 1290. The van der Waals surface area contributed by atoms with E-state index in [9.17, 15) is 18.4 Å². The molecule has 1 aromatic heterocycles. The summed E-state index contributed by atoms with van der Waals surface area (Å²) in [4.78, 5) is 27.7. The number of anilines is 1. The molecule has 0 bridgehead atoms. The Hall–Kier alpha value is -3.54. The highest BCUT2D eigenvalue weighted by Crippen LogP contribution is 2.29. The molecule has 1 amide bonds. The molecule has 2 aromatic carbocycles. The van der Waals surface area contributed by atoms with Crippen molar-refractivity contribution < 1.29 is 37.3 Å². The minimum Gasteiger partial charge on any atom is -0.478 e. The lowest BCUT2D eigenvalue weighted by atomic mass is 10.0. The number of halogens is 3. The van der Waals surface area contributed by atoms with Gasteiger partial charge in [-0.2, -0.15) is 0 Å². The summed E-state index contributed by atoms with van der Waals surface area (Å²) in [7, 11) is 1.58. The van der Waals surface area contributed by atoms with E-state index in [1.54, 1.807) is 30.7 Å². The van der Waals surface area contributed by atoms with Gasteiger partial charge in [-0.25, -0.2) is 22.9 Å². The van der Waals surface area contributed by atoms with Crippen molar-refractivity contribution in [3.63, 3.8) is 0 Å². The number of carbonyl (C=O) groups is 2. The Balaban J connectivity index is 1.70. The molecule has 0 aliphatic rings. The van der Waals surface area contributed by atoms with Crippen LogP contribution in [0.4, 0.5) is 18.3 Å². The first-order chi connectivity index (χ1) is 17.7. The highest BCUT2D eigenvalue weighted by Gasteiger charge is 2.18. The molecule has 0 saturated heterocycles. The van der Waals surface area contributed by atoms with Crippen LogP contribution in [0.25, 0.3) is 17.3 Å². The van der Waals surface area contributed by atoms with E-state index in [4.69, 9.17) is 14.6 Å². The predicted octanol–water partition coefficient (Wildman–Crippen LogP) is 5.56. The van der Waals surface area contributed by atoms with Crippen LogP contribution in [0.15, 0.2) is 41.3 Å². The second kappa shape index (κ2) is 13.1. The van der Waals surface area contributed by atoms with Gasteiger partial charge in [-0.3, -0.25) is 10.1 Å². The van der Waals surface area contributed by atoms with Crippen LogP contribution in [0, 0.1) is 17.5 Å². The van der Waals surface area contributed by atoms with E-state index in [1.807, 2.05) is 0 Å². The number of carboxylic acids is 1. The predicted molar refractivity (Wildman–Crippen MR) is 134 cm³/mol. The van der Waals surface area contributed by atoms with Gasteiger partial charge in [0.2, 0.25) is 0 Å². The second-order valence-corrected chi connectivity index (χ2v) is 8.82. The number of amides is 1. The first kappa shape index (κ1) is 28.0. The number of nitrogens with one attached hydrogen (secondary N) is 1. The summed E-state index contributed by atoms with van der Waals surface area (Å²) in [5, 5.41) is 13.0. The summed E-state index contributed by atoms with van der Waals surface area (Å²) >= 11 is 1.03. The molecule has 0 atom stereocenters. The number of carbonyl (C=O) groups excluding carboxylic acids is 1. The van der Waals surface area contributed by atoms with Crippen molar-refractivity contribution in [3.8, 4) is 11.3 Å². The van der Waals surface area contributed by atoms with Crippen LogP contribution in [-0.2, 0) is 20.7 Å². The molecule has 11 heteroatoms. The lowest BCUT2D eigenvalue weighted by Crippen LogP contribution is -2.13. The highest BCUT2D eigenvalue weighted by atomic mass is 32.1. The Morgan fingerprint density at radius 3 is 2.54 bits per heavy atom. The quantitative estimate of drug-likeness (QED) is 0.233. The van der Waals surface area contributed by atoms with E-state index in [0.29, 0.717) is 43.9 Å². The fourth-order valence-electron chi connectivity index (χ4n) is 3.34. The lowest BCUT2D eigenvalue weighted by molar-refractivity contribution is -0.132. The maximum atomic E-state index is 15.1. The van der Waals surface area contributed by atoms with Gasteiger partial charge < -0.3 is 14.6 Å². The van der Waals surface area contributed by atoms with E-state index in [1.165, 1.54) is 6.92 Å². The summed E-state index contributed by atoms with van der Waals surface area (Å²) in [6.07, 6.45) is 1.94. The lowest BCUT2D eigenvalue weighted by Gasteiger charge is -2.08. The molecule has 1 heterocycles. The number of methoxy groups -OCH3 is 1. The van der Waals surface area contributed by atoms with Crippen molar-refractivity contribution >= 4 is 34.4 Å². The van der Waals surface area contributed by atoms with E-state index >= 15 is 4.39 Å². The number of hydrogen-bond donors (Lipinski definition) is 2. The maximum absolute atomic E-state index is 15.1. The van der Waals surface area contributed by atoms with Gasteiger partial charge in [-0.1, -0.05) is 12.1 Å². The molecule has 0 radical (unpaired) electrons. The summed E-state index contributed by atoms with van der Waals surface area (Å²) in [6, 6.07) is 6.57. The summed E-state index contributed by atoms with van der Waals surface area (Å²) in [6.45, 7) is 2.62. The van der Waals surface area contributed by atoms with Gasteiger partial charge in [-0.15, -0.1) is 11.3 Å². The van der Waals surface area contributed by atoms with Gasteiger partial charge in [0.25, 0.3) is 5.91 Å². The smallest absolute Gasteiger partial charge is 0.331 e. The molecule has 7 nitrogen and oxygen atoms in total. The molecule has 0 unspecified atom stereocenters. The summed E-state index contributed by atoms with van der Waals surface area (Å²) < 4.78 is 54.2. The molecule has 3 aromatic rings. The van der Waals surface area contributed by atoms with Gasteiger partial charge in [0.05, 0.1) is 18.9 Å². The number of aliphatic carboxylic acids is 1. The van der Waals surface area contributed by atoms with Crippen LogP contribution in [0.2, 0.25) is 0 Å². The normalized spacial score (nSPS) is 11.5. The SMILES string of the molecule is COCCOCCCc1cccc(-c2csc(NC(=O)c3cc(F)c(/C=C(\C)C(=O)O)c(F)c3)n2)c1F. The molecule has 2 N–H and O–H groups in total. The standard InChI is InChI=1S/C26H25F3N2O5S/c1-15(25(33)34)11-19-20(27)12-17(13-21(19)28)24(32)31-26-30-22(14-37-26)18-7-3-5-16(23(18)29)6-4-8-36-10-9-35-2/h3,5,7,11-14H,4,6,8-10H2,1-2H3,(H,33,34)(H,30,31,32)/b15-11+. The molecule has 0 aliphatic carbocycles. The van der Waals surface area contributed by atoms with Gasteiger partial charge in [0.1, 0.15) is 17.5 Å². The topological polar surface area (TPSA) is 97.8 Å². The number of benzene rings is 2. The Labute approximate surface area is 215 Å². The zero-order valence-electron chi connectivity index (χ0n) is 20.1. The third kappa shape index (κ3) is 7.48. The van der Waals surface area contributed by atoms with Crippen molar-refractivity contribution in [2.75, 3.05) is 32.2 Å². The van der Waals surface area contributed by atoms with Crippen molar-refractivity contribution in [2.45, 2.75) is 19.8 Å². The van der Waals surface area contributed by atoms with Gasteiger partial charge >= 0.3 is 5.97 Å². The minimum absolute atomic E-state index is 0.114. The summed E-state index contributed by atoms with van der Waals surface area (Å²) in [5.41, 5.74) is -0.0844. The third-order valence-electron chi connectivity index (χ3n) is 5.29. The van der Waals surface area contributed by atoms with Gasteiger partial charge in [-0.05, 0) is 49.6 Å². The van der Waals surface area contributed by atoms with E-state index in [0.717, 1.165) is 29.5 Å². The average Bonchev–Trinajstić information content (AvgIpc) is 3.32. The number of thiazole rings is 1. The van der Waals surface area contributed by atoms with Crippen LogP contribution in [0.3, 0.4) is 0 Å². The number of aryl methyl sites for hydroxylation is 1. The zero-order chi connectivity index (χ0) is 26.9. The van der Waals surface area contributed by atoms with Crippen molar-refractivity contribution in [3.05, 3.63) is 75.4 Å². The zero-order valence-corrected chi connectivity index (χ0v) is 21.0. The van der Waals surface area contributed by atoms with E-state index < -0.39 is 34.9 Å². The number of rotatable bonds is 12. The van der Waals surface area contributed by atoms with Gasteiger partial charge in [0.15, 0.2) is 5.13 Å². The Morgan fingerprint density at radius 1 is 1.14 bits per heavy atom. The molecule has 0 saturated carbocycles. The fourth-order valence-corrected chi connectivity index (χ4v) is 4.04. The third-order valence-corrected chi connectivity index (χ3v) is 6.04. The maximum Gasteiger partial charge on any atom is 0.331 e. The highest BCUT2D eigenvalue weighted by molar-refractivity contribution is 7.14. The average molecular weight is 535 g/mol. The second-order valence-electron chi connectivity index (χ2n) is 7.97. The monoisotopic (exact) mass is 534 g/mol. The van der Waals surface area contributed by atoms with Gasteiger partial charge in [0, 0.05) is 41.4 Å². The molecule has 196 valence electrons. The first-order valence-electron chi connectivity index (χ1n) is 11.2. The fraction of sp³-hybridized carbons (Fsp3) is 0.269. The van der Waals surface area contributed by atoms with Crippen LogP contribution in [0.5, 0.6) is 0 Å². The Morgan fingerprint density at radius 2 is 1.86 bits per heavy atom. The van der Waals surface area contributed by atoms with Crippen molar-refractivity contribution in [2.24, 2.45) is 0 Å². The molecule has 0 fully saturated rings. The Kier molecular flexibility index (Phi) is 9.95. The largest absolute Gasteiger partial charge is 0.478 e. The number of ether oxygens (including phenoxy) is 2. The summed E-state index contributed by atoms with van der Waals surface area (Å²) in [5.74, 6) is -4.75. The molecule has 3 rings (SSSR count). The minimum atomic E-state index is -1.32. The van der Waals surface area contributed by atoms with Crippen LogP contribution in [0.1, 0.15) is 34.8 Å². The van der Waals surface area contributed by atoms with Crippen molar-refractivity contribution in [1.29, 1.82) is 0 Å². The first-order valence-corrected chi connectivity index (χ1v) is 12.1. The van der Waals surface area contributed by atoms with E-state index in [-0.39, 0.29) is 21.8 Å². The molecule has 37 heavy (non-hydrogen) atoms. The molecule has 0 aliphatic heterocycles. The van der Waals surface area contributed by atoms with Crippen molar-refractivity contribution in [1.82, 2.24) is 4.98 Å². The van der Waals surface area contributed by atoms with Crippen LogP contribution >= 0.6 is 11.3 Å². The number of hydrogen-bond acceptors (Lipinski definition) is 6. The van der Waals surface area contributed by atoms with Crippen LogP contribution in [-0.4, -0.2) is 48.9 Å². The van der Waals surface area contributed by atoms with Crippen LogP contribution < -0.4 is 5.32 Å².